The highest BCUT2D eigenvalue weighted by Crippen LogP contribution is 2.46. The second-order valence-corrected chi connectivity index (χ2v) is 8.02. The number of benzene rings is 1. The summed E-state index contributed by atoms with van der Waals surface area (Å²) < 4.78 is 11.4. The van der Waals surface area contributed by atoms with Crippen molar-refractivity contribution < 1.29 is 9.47 Å². The number of nitrogens with zero attached hydrogens (tertiary/aromatic N) is 2. The van der Waals surface area contributed by atoms with Gasteiger partial charge in [-0.05, 0) is 68.6 Å². The molecule has 0 saturated carbocycles. The average molecular weight is 389 g/mol. The molecule has 2 N–H and O–H groups in total. The van der Waals surface area contributed by atoms with Gasteiger partial charge in [0.05, 0.1) is 19.6 Å². The van der Waals surface area contributed by atoms with E-state index in [9.17, 15) is 0 Å². The maximum absolute atomic E-state index is 6.82. The van der Waals surface area contributed by atoms with Crippen LogP contribution in [0.5, 0.6) is 11.5 Å². The molecule has 0 aliphatic heterocycles. The number of ether oxygens (including phenoxy) is 2. The Morgan fingerprint density at radius 1 is 0.828 bits per heavy atom. The molecule has 5 rings (SSSR count). The predicted octanol–water partition coefficient (Wildman–Crippen LogP) is 4.65. The summed E-state index contributed by atoms with van der Waals surface area (Å²) in [6, 6.07) is 6.05. The van der Waals surface area contributed by atoms with E-state index in [1.165, 1.54) is 30.4 Å². The van der Waals surface area contributed by atoms with Crippen molar-refractivity contribution in [2.24, 2.45) is 0 Å². The van der Waals surface area contributed by atoms with Crippen LogP contribution in [0, 0.1) is 0 Å². The molecule has 0 atom stereocenters. The summed E-state index contributed by atoms with van der Waals surface area (Å²) in [4.78, 5) is 10.0. The van der Waals surface area contributed by atoms with E-state index in [1.807, 2.05) is 12.1 Å². The Morgan fingerprint density at radius 2 is 1.48 bits per heavy atom. The molecule has 0 spiro atoms. The number of para-hydroxylation sites is 1. The molecule has 0 radical (unpaired) electrons. The van der Waals surface area contributed by atoms with Crippen LogP contribution in [0.2, 0.25) is 0 Å². The number of aromatic nitrogens is 2. The van der Waals surface area contributed by atoms with E-state index in [0.717, 1.165) is 82.8 Å². The number of aryl methyl sites for hydroxylation is 2. The summed E-state index contributed by atoms with van der Waals surface area (Å²) in [5.41, 5.74) is 15.4. The highest BCUT2D eigenvalue weighted by Gasteiger charge is 2.27. The zero-order valence-corrected chi connectivity index (χ0v) is 17.2. The first-order chi connectivity index (χ1) is 14.2. The topological polar surface area (TPSA) is 70.3 Å². The maximum Gasteiger partial charge on any atom is 0.168 e. The van der Waals surface area contributed by atoms with Crippen molar-refractivity contribution in [1.29, 1.82) is 0 Å². The van der Waals surface area contributed by atoms with Gasteiger partial charge in [0.2, 0.25) is 0 Å². The number of methoxy groups -OCH3 is 2. The van der Waals surface area contributed by atoms with Crippen molar-refractivity contribution in [2.45, 2.75) is 51.4 Å². The number of fused-ring (bicyclic) bond motifs is 3. The smallest absolute Gasteiger partial charge is 0.168 e. The molecule has 0 bridgehead atoms. The van der Waals surface area contributed by atoms with Crippen LogP contribution in [0.4, 0.5) is 5.69 Å². The minimum atomic E-state index is 0.726. The van der Waals surface area contributed by atoms with Crippen LogP contribution >= 0.6 is 0 Å². The fourth-order valence-electron chi connectivity index (χ4n) is 5.03. The van der Waals surface area contributed by atoms with Gasteiger partial charge in [-0.15, -0.1) is 0 Å². The van der Waals surface area contributed by atoms with Crippen LogP contribution in [-0.4, -0.2) is 24.2 Å². The van der Waals surface area contributed by atoms with E-state index in [4.69, 9.17) is 25.2 Å². The zero-order chi connectivity index (χ0) is 20.0. The van der Waals surface area contributed by atoms with Gasteiger partial charge in [0.15, 0.2) is 17.1 Å². The van der Waals surface area contributed by atoms with Gasteiger partial charge in [-0.3, -0.25) is 0 Å². The largest absolute Gasteiger partial charge is 0.493 e. The molecular formula is C24H27N3O2. The molecule has 2 aliphatic rings. The van der Waals surface area contributed by atoms with Gasteiger partial charge >= 0.3 is 0 Å². The summed E-state index contributed by atoms with van der Waals surface area (Å²) >= 11 is 0. The van der Waals surface area contributed by atoms with Crippen LogP contribution in [-0.2, 0) is 25.7 Å². The monoisotopic (exact) mass is 389 g/mol. The van der Waals surface area contributed by atoms with Gasteiger partial charge < -0.3 is 15.2 Å². The number of nitrogen functional groups attached to an aromatic ring is 1. The third kappa shape index (κ3) is 2.83. The van der Waals surface area contributed by atoms with Crippen LogP contribution in [0.15, 0.2) is 18.2 Å². The van der Waals surface area contributed by atoms with E-state index in [1.54, 1.807) is 14.2 Å². The van der Waals surface area contributed by atoms with Crippen molar-refractivity contribution >= 4 is 16.7 Å². The van der Waals surface area contributed by atoms with Gasteiger partial charge in [0.25, 0.3) is 0 Å². The first-order valence-electron chi connectivity index (χ1n) is 10.6. The molecule has 2 heterocycles. The Bertz CT molecular complexity index is 1100. The number of rotatable bonds is 3. The molecule has 5 nitrogen and oxygen atoms in total. The third-order valence-electron chi connectivity index (χ3n) is 6.40. The lowest BCUT2D eigenvalue weighted by atomic mass is 9.85. The minimum absolute atomic E-state index is 0.726. The van der Waals surface area contributed by atoms with Gasteiger partial charge in [-0.1, -0.05) is 12.1 Å². The number of hydrogen-bond donors (Lipinski definition) is 1. The van der Waals surface area contributed by atoms with Crippen LogP contribution in [0.25, 0.3) is 22.2 Å². The average Bonchev–Trinajstić information content (AvgIpc) is 2.77. The normalized spacial score (nSPS) is 15.7. The van der Waals surface area contributed by atoms with Crippen LogP contribution < -0.4 is 15.2 Å². The number of anilines is 1. The summed E-state index contributed by atoms with van der Waals surface area (Å²) in [6.07, 6.45) is 8.65. The predicted molar refractivity (Wildman–Crippen MR) is 116 cm³/mol. The van der Waals surface area contributed by atoms with Crippen molar-refractivity contribution in [3.05, 3.63) is 40.7 Å². The molecular weight excluding hydrogens is 362 g/mol. The van der Waals surface area contributed by atoms with Gasteiger partial charge in [-0.25, -0.2) is 9.97 Å². The second kappa shape index (κ2) is 7.21. The summed E-state index contributed by atoms with van der Waals surface area (Å²) in [7, 11) is 3.37. The van der Waals surface area contributed by atoms with Crippen molar-refractivity contribution in [2.75, 3.05) is 20.0 Å². The fraction of sp³-hybridized carbons (Fsp3) is 0.417. The molecule has 0 fully saturated rings. The van der Waals surface area contributed by atoms with E-state index < -0.39 is 0 Å². The lowest BCUT2D eigenvalue weighted by Crippen LogP contribution is -2.14. The van der Waals surface area contributed by atoms with Crippen molar-refractivity contribution in [1.82, 2.24) is 9.97 Å². The standard InChI is InChI=1S/C24H27N3O2/c1-28-19-13-7-10-16(23(19)29-2)20-14-8-3-5-11-17(14)26-24-21(20)22(25)15-9-4-6-12-18(15)27-24/h7,10,13H,3-6,8-9,11-12H2,1-2H3,(H2,25,26,27). The van der Waals surface area contributed by atoms with Gasteiger partial charge in [0.1, 0.15) is 0 Å². The van der Waals surface area contributed by atoms with Gasteiger partial charge in [-0.2, -0.15) is 0 Å². The molecule has 2 aromatic heterocycles. The third-order valence-corrected chi connectivity index (χ3v) is 6.40. The highest BCUT2D eigenvalue weighted by atomic mass is 16.5. The molecule has 5 heteroatoms. The first-order valence-corrected chi connectivity index (χ1v) is 10.6. The molecule has 0 unspecified atom stereocenters. The van der Waals surface area contributed by atoms with E-state index in [0.29, 0.717) is 0 Å². The lowest BCUT2D eigenvalue weighted by Gasteiger charge is -2.25. The van der Waals surface area contributed by atoms with Crippen molar-refractivity contribution in [3.8, 4) is 22.6 Å². The molecule has 3 aromatic rings. The SMILES string of the molecule is COc1cccc(-c2c3c(nc4nc5c(c(N)c24)CCCC5)CCCC3)c1OC. The Kier molecular flexibility index (Phi) is 4.53. The van der Waals surface area contributed by atoms with Crippen LogP contribution in [0.1, 0.15) is 48.2 Å². The summed E-state index contributed by atoms with van der Waals surface area (Å²) in [6.45, 7) is 0. The summed E-state index contributed by atoms with van der Waals surface area (Å²) in [5, 5.41) is 0.984. The first kappa shape index (κ1) is 18.2. The van der Waals surface area contributed by atoms with E-state index in [-0.39, 0.29) is 0 Å². The van der Waals surface area contributed by atoms with Gasteiger partial charge in [0, 0.05) is 28.2 Å². The quantitative estimate of drug-likeness (QED) is 0.706. The summed E-state index contributed by atoms with van der Waals surface area (Å²) in [5.74, 6) is 1.47. The van der Waals surface area contributed by atoms with Crippen LogP contribution in [0.3, 0.4) is 0 Å². The molecule has 2 aliphatic carbocycles. The van der Waals surface area contributed by atoms with E-state index >= 15 is 0 Å². The molecule has 0 amide bonds. The Morgan fingerprint density at radius 3 is 2.17 bits per heavy atom. The lowest BCUT2D eigenvalue weighted by molar-refractivity contribution is 0.356. The highest BCUT2D eigenvalue weighted by molar-refractivity contribution is 6.05. The number of pyridine rings is 2. The number of hydrogen-bond acceptors (Lipinski definition) is 5. The maximum atomic E-state index is 6.82. The Hall–Kier alpha value is -2.82. The minimum Gasteiger partial charge on any atom is -0.493 e. The fourth-order valence-corrected chi connectivity index (χ4v) is 5.03. The Labute approximate surface area is 171 Å². The number of nitrogens with two attached hydrogens (primary N) is 1. The molecule has 29 heavy (non-hydrogen) atoms. The Balaban J connectivity index is 1.91. The van der Waals surface area contributed by atoms with E-state index in [2.05, 4.69) is 6.07 Å². The second-order valence-electron chi connectivity index (χ2n) is 8.02. The molecule has 0 saturated heterocycles. The molecule has 1 aromatic carbocycles. The molecule has 150 valence electrons. The zero-order valence-electron chi connectivity index (χ0n) is 17.2. The van der Waals surface area contributed by atoms with Crippen molar-refractivity contribution in [3.63, 3.8) is 0 Å².